The zero-order chi connectivity index (χ0) is 19.6. The Hall–Kier alpha value is -3.42. The average Bonchev–Trinajstić information content (AvgIpc) is 3.42. The molecule has 0 spiro atoms. The number of fused-ring (bicyclic) bond motifs is 1. The Morgan fingerprint density at radius 1 is 1.03 bits per heavy atom. The quantitative estimate of drug-likeness (QED) is 0.683. The van der Waals surface area contributed by atoms with Gasteiger partial charge in [0, 0.05) is 18.5 Å². The number of benzene rings is 2. The van der Waals surface area contributed by atoms with E-state index in [2.05, 4.69) is 15.5 Å². The van der Waals surface area contributed by atoms with Gasteiger partial charge in [-0.2, -0.15) is 0 Å². The lowest BCUT2D eigenvalue weighted by Crippen LogP contribution is -2.30. The number of rotatable bonds is 3. The van der Waals surface area contributed by atoms with Crippen molar-refractivity contribution in [1.82, 2.24) is 25.1 Å². The molecule has 1 aromatic heterocycles. The summed E-state index contributed by atoms with van der Waals surface area (Å²) in [5, 5.41) is 11.2. The second-order valence-corrected chi connectivity index (χ2v) is 7.22. The van der Waals surface area contributed by atoms with Gasteiger partial charge in [0.25, 0.3) is 5.91 Å². The van der Waals surface area contributed by atoms with E-state index in [1.165, 1.54) is 6.33 Å². The van der Waals surface area contributed by atoms with Crippen molar-refractivity contribution >= 4 is 5.91 Å². The second kappa shape index (κ2) is 7.54. The summed E-state index contributed by atoms with van der Waals surface area (Å²) in [5.41, 5.74) is 2.46. The van der Waals surface area contributed by atoms with Crippen molar-refractivity contribution < 1.29 is 14.3 Å². The third-order valence-corrected chi connectivity index (χ3v) is 5.38. The van der Waals surface area contributed by atoms with Gasteiger partial charge in [0.1, 0.15) is 6.33 Å². The predicted molar refractivity (Wildman–Crippen MR) is 104 cm³/mol. The third-order valence-electron chi connectivity index (χ3n) is 5.38. The molecule has 3 heterocycles. The van der Waals surface area contributed by atoms with Gasteiger partial charge in [-0.25, -0.2) is 4.68 Å². The molecule has 0 radical (unpaired) electrons. The minimum Gasteiger partial charge on any atom is -0.490 e. The standard InChI is InChI=1S/C21H21N5O3/c27-21(16-4-1-5-17(12-16)26-14-22-23-24-26)25-9-2-6-18(25)15-7-8-19-20(13-15)29-11-3-10-28-19/h1,4-5,7-8,12-14,18H,2-3,6,9-11H2/t18-/m1/s1. The summed E-state index contributed by atoms with van der Waals surface area (Å²) >= 11 is 0. The van der Waals surface area contributed by atoms with Gasteiger partial charge in [0.15, 0.2) is 11.5 Å². The SMILES string of the molecule is O=C(c1cccc(-n2cnnn2)c1)N1CCC[C@@H]1c1ccc2c(c1)OCCCO2. The van der Waals surface area contributed by atoms with Crippen molar-refractivity contribution in [3.05, 3.63) is 59.9 Å². The molecule has 0 N–H and O–H groups in total. The molecule has 8 heteroatoms. The molecule has 1 amide bonds. The Morgan fingerprint density at radius 3 is 2.79 bits per heavy atom. The van der Waals surface area contributed by atoms with E-state index in [9.17, 15) is 4.79 Å². The van der Waals surface area contributed by atoms with E-state index in [1.54, 1.807) is 4.68 Å². The maximum atomic E-state index is 13.3. The minimum absolute atomic E-state index is 0.00883. The number of hydrogen-bond acceptors (Lipinski definition) is 6. The molecule has 2 aliphatic rings. The number of likely N-dealkylation sites (tertiary alicyclic amines) is 1. The first-order valence-corrected chi connectivity index (χ1v) is 9.83. The van der Waals surface area contributed by atoms with Crippen LogP contribution in [0.5, 0.6) is 11.5 Å². The lowest BCUT2D eigenvalue weighted by molar-refractivity contribution is 0.0735. The highest BCUT2D eigenvalue weighted by atomic mass is 16.5. The van der Waals surface area contributed by atoms with Crippen molar-refractivity contribution in [2.75, 3.05) is 19.8 Å². The first kappa shape index (κ1) is 17.7. The molecule has 0 saturated carbocycles. The van der Waals surface area contributed by atoms with Gasteiger partial charge in [-0.3, -0.25) is 4.79 Å². The molecule has 0 bridgehead atoms. The zero-order valence-corrected chi connectivity index (χ0v) is 15.9. The second-order valence-electron chi connectivity index (χ2n) is 7.22. The van der Waals surface area contributed by atoms with E-state index in [0.29, 0.717) is 18.8 Å². The summed E-state index contributed by atoms with van der Waals surface area (Å²) in [6.07, 6.45) is 4.28. The van der Waals surface area contributed by atoms with Crippen LogP contribution in [0.15, 0.2) is 48.8 Å². The van der Waals surface area contributed by atoms with Gasteiger partial charge in [-0.15, -0.1) is 5.10 Å². The van der Waals surface area contributed by atoms with E-state index >= 15 is 0 Å². The molecule has 3 aromatic rings. The van der Waals surface area contributed by atoms with Crippen LogP contribution in [0.2, 0.25) is 0 Å². The highest BCUT2D eigenvalue weighted by molar-refractivity contribution is 5.95. The van der Waals surface area contributed by atoms with Gasteiger partial charge in [-0.1, -0.05) is 12.1 Å². The van der Waals surface area contributed by atoms with Crippen LogP contribution in [-0.4, -0.2) is 50.8 Å². The Labute approximate surface area is 168 Å². The van der Waals surface area contributed by atoms with Crippen LogP contribution in [0, 0.1) is 0 Å². The van der Waals surface area contributed by atoms with Gasteiger partial charge >= 0.3 is 0 Å². The molecule has 148 valence electrons. The summed E-state index contributed by atoms with van der Waals surface area (Å²) in [6, 6.07) is 13.4. The maximum Gasteiger partial charge on any atom is 0.254 e. The average molecular weight is 391 g/mol. The molecular formula is C21H21N5O3. The fourth-order valence-electron chi connectivity index (χ4n) is 3.97. The molecule has 0 unspecified atom stereocenters. The predicted octanol–water partition coefficient (Wildman–Crippen LogP) is 2.80. The van der Waals surface area contributed by atoms with Crippen molar-refractivity contribution in [3.8, 4) is 17.2 Å². The van der Waals surface area contributed by atoms with E-state index in [-0.39, 0.29) is 11.9 Å². The molecular weight excluding hydrogens is 370 g/mol. The van der Waals surface area contributed by atoms with Crippen molar-refractivity contribution in [3.63, 3.8) is 0 Å². The van der Waals surface area contributed by atoms with E-state index < -0.39 is 0 Å². The lowest BCUT2D eigenvalue weighted by Gasteiger charge is -2.26. The van der Waals surface area contributed by atoms with Crippen LogP contribution in [0.25, 0.3) is 5.69 Å². The largest absolute Gasteiger partial charge is 0.490 e. The smallest absolute Gasteiger partial charge is 0.254 e. The molecule has 5 rings (SSSR count). The minimum atomic E-state index is 0.00883. The molecule has 2 aromatic carbocycles. The van der Waals surface area contributed by atoms with Crippen LogP contribution < -0.4 is 9.47 Å². The lowest BCUT2D eigenvalue weighted by atomic mass is 10.0. The fraction of sp³-hybridized carbons (Fsp3) is 0.333. The maximum absolute atomic E-state index is 13.3. The Morgan fingerprint density at radius 2 is 1.93 bits per heavy atom. The Balaban J connectivity index is 1.42. The van der Waals surface area contributed by atoms with Crippen molar-refractivity contribution in [1.29, 1.82) is 0 Å². The van der Waals surface area contributed by atoms with Crippen LogP contribution in [-0.2, 0) is 0 Å². The normalized spacial score (nSPS) is 18.5. The Kier molecular flexibility index (Phi) is 4.59. The third kappa shape index (κ3) is 3.41. The first-order chi connectivity index (χ1) is 14.3. The number of amides is 1. The number of carbonyl (C=O) groups is 1. The molecule has 8 nitrogen and oxygen atoms in total. The van der Waals surface area contributed by atoms with Crippen molar-refractivity contribution in [2.45, 2.75) is 25.3 Å². The van der Waals surface area contributed by atoms with Crippen LogP contribution in [0.3, 0.4) is 0 Å². The molecule has 29 heavy (non-hydrogen) atoms. The monoisotopic (exact) mass is 391 g/mol. The summed E-state index contributed by atoms with van der Waals surface area (Å²) in [5.74, 6) is 1.55. The summed E-state index contributed by atoms with van der Waals surface area (Å²) in [4.78, 5) is 15.2. The number of nitrogens with zero attached hydrogens (tertiary/aromatic N) is 5. The van der Waals surface area contributed by atoms with Gasteiger partial charge in [0.05, 0.1) is 24.9 Å². The zero-order valence-electron chi connectivity index (χ0n) is 15.9. The van der Waals surface area contributed by atoms with Crippen molar-refractivity contribution in [2.24, 2.45) is 0 Å². The van der Waals surface area contributed by atoms with Gasteiger partial charge in [-0.05, 0) is 59.2 Å². The van der Waals surface area contributed by atoms with Crippen LogP contribution in [0.4, 0.5) is 0 Å². The van der Waals surface area contributed by atoms with Gasteiger partial charge in [0.2, 0.25) is 0 Å². The van der Waals surface area contributed by atoms with Gasteiger partial charge < -0.3 is 14.4 Å². The first-order valence-electron chi connectivity index (χ1n) is 9.83. The molecule has 1 fully saturated rings. The number of hydrogen-bond donors (Lipinski definition) is 0. The molecule has 1 atom stereocenters. The number of carbonyl (C=O) groups excluding carboxylic acids is 1. The molecule has 0 aliphatic carbocycles. The highest BCUT2D eigenvalue weighted by Crippen LogP contribution is 2.38. The van der Waals surface area contributed by atoms with E-state index in [0.717, 1.165) is 48.6 Å². The van der Waals surface area contributed by atoms with E-state index in [4.69, 9.17) is 9.47 Å². The summed E-state index contributed by atoms with van der Waals surface area (Å²) < 4.78 is 13.1. The number of tetrazole rings is 1. The Bertz CT molecular complexity index is 1020. The van der Waals surface area contributed by atoms with Crippen LogP contribution in [0.1, 0.15) is 41.2 Å². The highest BCUT2D eigenvalue weighted by Gasteiger charge is 2.31. The fourth-order valence-corrected chi connectivity index (χ4v) is 3.97. The molecule has 1 saturated heterocycles. The summed E-state index contributed by atoms with van der Waals surface area (Å²) in [7, 11) is 0. The number of aromatic nitrogens is 4. The number of ether oxygens (including phenoxy) is 2. The molecule has 2 aliphatic heterocycles. The van der Waals surface area contributed by atoms with E-state index in [1.807, 2.05) is 47.4 Å². The summed E-state index contributed by atoms with van der Waals surface area (Å²) in [6.45, 7) is 2.04. The van der Waals surface area contributed by atoms with Crippen LogP contribution >= 0.6 is 0 Å². The topological polar surface area (TPSA) is 82.4 Å².